The summed E-state index contributed by atoms with van der Waals surface area (Å²) in [5, 5.41) is 3.36. The molecule has 1 amide bonds. The van der Waals surface area contributed by atoms with E-state index in [4.69, 9.17) is 0 Å². The summed E-state index contributed by atoms with van der Waals surface area (Å²) in [6.45, 7) is 4.22. The molecule has 3 unspecified atom stereocenters. The summed E-state index contributed by atoms with van der Waals surface area (Å²) in [6, 6.07) is 0.109. The van der Waals surface area contributed by atoms with Gasteiger partial charge in [0.2, 0.25) is 5.91 Å². The van der Waals surface area contributed by atoms with Crippen LogP contribution in [-0.4, -0.2) is 37.0 Å². The highest BCUT2D eigenvalue weighted by atomic mass is 16.2. The highest BCUT2D eigenvalue weighted by Crippen LogP contribution is 2.36. The van der Waals surface area contributed by atoms with Crippen LogP contribution in [0.4, 0.5) is 0 Å². The zero-order valence-electron chi connectivity index (χ0n) is 8.42. The molecule has 2 aliphatic rings. The lowest BCUT2D eigenvalue weighted by molar-refractivity contribution is -0.128. The van der Waals surface area contributed by atoms with Crippen molar-refractivity contribution in [1.29, 1.82) is 0 Å². The minimum absolute atomic E-state index is 0.109. The van der Waals surface area contributed by atoms with E-state index in [1.165, 1.54) is 6.42 Å². The van der Waals surface area contributed by atoms with Gasteiger partial charge in [0, 0.05) is 13.6 Å². The standard InChI is InChI=1S/C10H18N2O/c1-7-5-8(7)6-11-9-3-4-12(2)10(9)13/h7-9,11H,3-6H2,1-2H3. The van der Waals surface area contributed by atoms with Gasteiger partial charge < -0.3 is 10.2 Å². The molecule has 0 aromatic rings. The minimum Gasteiger partial charge on any atom is -0.344 e. The number of hydrogen-bond acceptors (Lipinski definition) is 2. The number of rotatable bonds is 3. The molecular formula is C10H18N2O. The van der Waals surface area contributed by atoms with Crippen molar-refractivity contribution in [2.45, 2.75) is 25.8 Å². The molecule has 3 atom stereocenters. The Balaban J connectivity index is 1.73. The van der Waals surface area contributed by atoms with Crippen LogP contribution < -0.4 is 5.32 Å². The molecule has 13 heavy (non-hydrogen) atoms. The summed E-state index contributed by atoms with van der Waals surface area (Å²) in [7, 11) is 1.88. The number of carbonyl (C=O) groups excluding carboxylic acids is 1. The molecule has 0 radical (unpaired) electrons. The Morgan fingerprint density at radius 3 is 2.77 bits per heavy atom. The smallest absolute Gasteiger partial charge is 0.239 e. The zero-order chi connectivity index (χ0) is 9.42. The van der Waals surface area contributed by atoms with Gasteiger partial charge in [0.25, 0.3) is 0 Å². The number of nitrogens with one attached hydrogen (secondary N) is 1. The van der Waals surface area contributed by atoms with Crippen LogP contribution in [0.15, 0.2) is 0 Å². The summed E-state index contributed by atoms with van der Waals surface area (Å²) in [5.74, 6) is 1.98. The fourth-order valence-electron chi connectivity index (χ4n) is 1.99. The van der Waals surface area contributed by atoms with Crippen LogP contribution in [-0.2, 0) is 4.79 Å². The third-order valence-corrected chi connectivity index (χ3v) is 3.33. The SMILES string of the molecule is CC1CC1CNC1CCN(C)C1=O. The maximum Gasteiger partial charge on any atom is 0.239 e. The predicted octanol–water partition coefficient (Wildman–Crippen LogP) is 0.463. The highest BCUT2D eigenvalue weighted by molar-refractivity contribution is 5.83. The monoisotopic (exact) mass is 182 g/mol. The van der Waals surface area contributed by atoms with Gasteiger partial charge >= 0.3 is 0 Å². The van der Waals surface area contributed by atoms with Crippen LogP contribution in [0.1, 0.15) is 19.8 Å². The molecule has 3 heteroatoms. The second-order valence-corrected chi connectivity index (χ2v) is 4.48. The fourth-order valence-corrected chi connectivity index (χ4v) is 1.99. The number of amides is 1. The van der Waals surface area contributed by atoms with E-state index in [-0.39, 0.29) is 11.9 Å². The van der Waals surface area contributed by atoms with E-state index in [9.17, 15) is 4.79 Å². The first-order valence-electron chi connectivity index (χ1n) is 5.17. The normalized spacial score (nSPS) is 38.5. The molecule has 0 bridgehead atoms. The number of hydrogen-bond donors (Lipinski definition) is 1. The molecular weight excluding hydrogens is 164 g/mol. The highest BCUT2D eigenvalue weighted by Gasteiger charge is 2.35. The van der Waals surface area contributed by atoms with E-state index >= 15 is 0 Å². The van der Waals surface area contributed by atoms with Crippen LogP contribution in [0.2, 0.25) is 0 Å². The molecule has 0 aromatic carbocycles. The van der Waals surface area contributed by atoms with Gasteiger partial charge in [-0.2, -0.15) is 0 Å². The fraction of sp³-hybridized carbons (Fsp3) is 0.900. The molecule has 2 rings (SSSR count). The van der Waals surface area contributed by atoms with E-state index in [0.29, 0.717) is 0 Å². The van der Waals surface area contributed by atoms with Gasteiger partial charge in [0.05, 0.1) is 6.04 Å². The lowest BCUT2D eigenvalue weighted by Gasteiger charge is -2.11. The van der Waals surface area contributed by atoms with Gasteiger partial charge in [0.15, 0.2) is 0 Å². The molecule has 0 spiro atoms. The summed E-state index contributed by atoms with van der Waals surface area (Å²) in [5.41, 5.74) is 0. The number of likely N-dealkylation sites (N-methyl/N-ethyl adjacent to an activating group) is 1. The number of carbonyl (C=O) groups is 1. The van der Waals surface area contributed by atoms with Crippen LogP contribution in [0, 0.1) is 11.8 Å². The van der Waals surface area contributed by atoms with Gasteiger partial charge in [-0.1, -0.05) is 6.92 Å². The van der Waals surface area contributed by atoms with Crippen LogP contribution in [0.25, 0.3) is 0 Å². The van der Waals surface area contributed by atoms with Crippen molar-refractivity contribution in [2.75, 3.05) is 20.1 Å². The van der Waals surface area contributed by atoms with Crippen LogP contribution >= 0.6 is 0 Å². The van der Waals surface area contributed by atoms with Crippen molar-refractivity contribution < 1.29 is 4.79 Å². The first-order chi connectivity index (χ1) is 6.18. The molecule has 1 saturated carbocycles. The van der Waals surface area contributed by atoms with E-state index in [0.717, 1.165) is 31.3 Å². The van der Waals surface area contributed by atoms with Crippen molar-refractivity contribution >= 4 is 5.91 Å². The number of likely N-dealkylation sites (tertiary alicyclic amines) is 1. The lowest BCUT2D eigenvalue weighted by Crippen LogP contribution is -2.38. The second-order valence-electron chi connectivity index (χ2n) is 4.48. The minimum atomic E-state index is 0.109. The number of nitrogens with zero attached hydrogens (tertiary/aromatic N) is 1. The third-order valence-electron chi connectivity index (χ3n) is 3.33. The summed E-state index contributed by atoms with van der Waals surface area (Å²) in [4.78, 5) is 13.3. The largest absolute Gasteiger partial charge is 0.344 e. The summed E-state index contributed by atoms with van der Waals surface area (Å²) in [6.07, 6.45) is 2.32. The average molecular weight is 182 g/mol. The molecule has 1 heterocycles. The van der Waals surface area contributed by atoms with Crippen molar-refractivity contribution in [2.24, 2.45) is 11.8 Å². The summed E-state index contributed by atoms with van der Waals surface area (Å²) >= 11 is 0. The first-order valence-corrected chi connectivity index (χ1v) is 5.17. The van der Waals surface area contributed by atoms with Crippen LogP contribution in [0.3, 0.4) is 0 Å². The lowest BCUT2D eigenvalue weighted by atomic mass is 10.2. The third kappa shape index (κ3) is 1.85. The van der Waals surface area contributed by atoms with E-state index in [1.807, 2.05) is 11.9 Å². The molecule has 1 saturated heterocycles. The van der Waals surface area contributed by atoms with E-state index in [2.05, 4.69) is 12.2 Å². The summed E-state index contributed by atoms with van der Waals surface area (Å²) < 4.78 is 0. The Morgan fingerprint density at radius 2 is 2.31 bits per heavy atom. The van der Waals surface area contributed by atoms with Gasteiger partial charge in [0.1, 0.15) is 0 Å². The van der Waals surface area contributed by atoms with E-state index < -0.39 is 0 Å². The second kappa shape index (κ2) is 3.29. The topological polar surface area (TPSA) is 32.3 Å². The molecule has 2 fully saturated rings. The Kier molecular flexibility index (Phi) is 2.28. The van der Waals surface area contributed by atoms with Gasteiger partial charge in [-0.25, -0.2) is 0 Å². The Bertz CT molecular complexity index is 217. The van der Waals surface area contributed by atoms with E-state index in [1.54, 1.807) is 0 Å². The quantitative estimate of drug-likeness (QED) is 0.688. The Hall–Kier alpha value is -0.570. The zero-order valence-corrected chi connectivity index (χ0v) is 8.42. The molecule has 3 nitrogen and oxygen atoms in total. The Morgan fingerprint density at radius 1 is 1.62 bits per heavy atom. The average Bonchev–Trinajstić information content (AvgIpc) is 2.72. The molecule has 1 aliphatic carbocycles. The van der Waals surface area contributed by atoms with Crippen molar-refractivity contribution in [1.82, 2.24) is 10.2 Å². The first kappa shape index (κ1) is 9.00. The van der Waals surface area contributed by atoms with Crippen molar-refractivity contribution in [3.63, 3.8) is 0 Å². The van der Waals surface area contributed by atoms with Gasteiger partial charge in [-0.3, -0.25) is 4.79 Å². The molecule has 0 aromatic heterocycles. The maximum absolute atomic E-state index is 11.5. The van der Waals surface area contributed by atoms with Crippen molar-refractivity contribution in [3.05, 3.63) is 0 Å². The Labute approximate surface area is 79.5 Å². The van der Waals surface area contributed by atoms with Gasteiger partial charge in [-0.15, -0.1) is 0 Å². The van der Waals surface area contributed by atoms with Crippen LogP contribution in [0.5, 0.6) is 0 Å². The molecule has 1 aliphatic heterocycles. The molecule has 1 N–H and O–H groups in total. The van der Waals surface area contributed by atoms with Crippen molar-refractivity contribution in [3.8, 4) is 0 Å². The predicted molar refractivity (Wildman–Crippen MR) is 51.3 cm³/mol. The van der Waals surface area contributed by atoms with Gasteiger partial charge in [-0.05, 0) is 31.2 Å². The maximum atomic E-state index is 11.5. The molecule has 74 valence electrons.